The van der Waals surface area contributed by atoms with E-state index >= 15 is 0 Å². The van der Waals surface area contributed by atoms with E-state index in [1.807, 2.05) is 0 Å². The minimum absolute atomic E-state index is 0.203. The topological polar surface area (TPSA) is 82.3 Å². The van der Waals surface area contributed by atoms with Crippen LogP contribution >= 0.6 is 11.3 Å². The molecule has 1 fully saturated rings. The van der Waals surface area contributed by atoms with Gasteiger partial charge in [0.15, 0.2) is 10.8 Å². The number of thiazole rings is 1. The highest BCUT2D eigenvalue weighted by Crippen LogP contribution is 2.50. The molecule has 1 heterocycles. The van der Waals surface area contributed by atoms with Crippen molar-refractivity contribution in [2.24, 2.45) is 0 Å². The number of anilines is 1. The van der Waals surface area contributed by atoms with Gasteiger partial charge in [-0.15, -0.1) is 11.3 Å². The zero-order chi connectivity index (χ0) is 11.8. The van der Waals surface area contributed by atoms with Crippen LogP contribution in [0.3, 0.4) is 0 Å². The lowest BCUT2D eigenvalue weighted by atomic mass is 10.1. The van der Waals surface area contributed by atoms with Gasteiger partial charge in [0.25, 0.3) is 0 Å². The Bertz CT molecular complexity index is 437. The van der Waals surface area contributed by atoms with Gasteiger partial charge in [-0.3, -0.25) is 0 Å². The maximum atomic E-state index is 11.6. The monoisotopic (exact) mass is 240 g/mol. The highest BCUT2D eigenvalue weighted by atomic mass is 32.1. The lowest BCUT2D eigenvalue weighted by Crippen LogP contribution is -2.14. The fourth-order valence-electron chi connectivity index (χ4n) is 1.55. The van der Waals surface area contributed by atoms with Crippen LogP contribution in [-0.2, 0) is 14.9 Å². The molecule has 5 nitrogen and oxygen atoms in total. The van der Waals surface area contributed by atoms with Gasteiger partial charge in [0, 0.05) is 0 Å². The average Bonchev–Trinajstić information content (AvgIpc) is 2.96. The molecule has 86 valence electrons. The zero-order valence-corrected chi connectivity index (χ0v) is 9.67. The van der Waals surface area contributed by atoms with Crippen LogP contribution < -0.4 is 5.73 Å². The van der Waals surface area contributed by atoms with Gasteiger partial charge in [0.05, 0.1) is 16.9 Å². The van der Waals surface area contributed by atoms with Crippen molar-refractivity contribution in [1.82, 2.24) is 4.98 Å². The molecule has 2 N–H and O–H groups in total. The van der Waals surface area contributed by atoms with Crippen LogP contribution in [0.25, 0.3) is 0 Å². The number of nitrogens with two attached hydrogens (primary N) is 1. The second-order valence-electron chi connectivity index (χ2n) is 3.72. The second-order valence-corrected chi connectivity index (χ2v) is 4.75. The molecule has 1 saturated carbocycles. The van der Waals surface area contributed by atoms with Gasteiger partial charge in [-0.25, -0.2) is 9.78 Å². The summed E-state index contributed by atoms with van der Waals surface area (Å²) < 4.78 is 4.88. The molecule has 2 rings (SSSR count). The van der Waals surface area contributed by atoms with Crippen molar-refractivity contribution in [3.05, 3.63) is 10.6 Å². The number of aromatic nitrogens is 1. The Balaban J connectivity index is 2.38. The largest absolute Gasteiger partial charge is 0.461 e. The van der Waals surface area contributed by atoms with Crippen molar-refractivity contribution in [3.63, 3.8) is 0 Å². The molecule has 0 aliphatic heterocycles. The summed E-state index contributed by atoms with van der Waals surface area (Å²) in [6.45, 7) is 2.00. The molecular weight excluding hydrogens is 228 g/mol. The van der Waals surface area contributed by atoms with Gasteiger partial charge in [-0.2, -0.15) is 0 Å². The zero-order valence-electron chi connectivity index (χ0n) is 8.86. The normalized spacial score (nSPS) is 16.8. The molecule has 0 atom stereocenters. The van der Waals surface area contributed by atoms with Crippen molar-refractivity contribution in [1.29, 1.82) is 0 Å². The Morgan fingerprint density at radius 3 is 2.88 bits per heavy atom. The summed E-state index contributed by atoms with van der Waals surface area (Å²) in [6.07, 6.45) is 2.39. The van der Waals surface area contributed by atoms with E-state index in [0.29, 0.717) is 10.0 Å². The van der Waals surface area contributed by atoms with E-state index < -0.39 is 11.4 Å². The van der Waals surface area contributed by atoms with Gasteiger partial charge in [0.2, 0.25) is 0 Å². The van der Waals surface area contributed by atoms with Gasteiger partial charge in [0.1, 0.15) is 6.29 Å². The van der Waals surface area contributed by atoms with Crippen LogP contribution in [0.2, 0.25) is 0 Å². The number of carbonyl (C=O) groups is 2. The summed E-state index contributed by atoms with van der Waals surface area (Å²) in [5.74, 6) is -0.501. The summed E-state index contributed by atoms with van der Waals surface area (Å²) in [6, 6.07) is 0. The third-order valence-corrected chi connectivity index (χ3v) is 3.68. The number of nitrogens with zero attached hydrogens (tertiary/aromatic N) is 1. The van der Waals surface area contributed by atoms with E-state index in [1.165, 1.54) is 11.3 Å². The molecule has 16 heavy (non-hydrogen) atoms. The molecule has 0 amide bonds. The number of hydrogen-bond acceptors (Lipinski definition) is 6. The molecule has 0 bridgehead atoms. The van der Waals surface area contributed by atoms with Gasteiger partial charge < -0.3 is 15.3 Å². The van der Waals surface area contributed by atoms with Gasteiger partial charge in [-0.1, -0.05) is 0 Å². The molecule has 1 aliphatic carbocycles. The van der Waals surface area contributed by atoms with E-state index in [2.05, 4.69) is 4.98 Å². The summed E-state index contributed by atoms with van der Waals surface area (Å²) in [5.41, 5.74) is 5.25. The lowest BCUT2D eigenvalue weighted by Gasteiger charge is -2.05. The van der Waals surface area contributed by atoms with Gasteiger partial charge >= 0.3 is 5.97 Å². The molecule has 0 radical (unpaired) electrons. The SMILES string of the molecule is CCOC(=O)c1nc(N)sc1C1(C=O)CC1. The lowest BCUT2D eigenvalue weighted by molar-refractivity contribution is -0.109. The van der Waals surface area contributed by atoms with E-state index in [9.17, 15) is 9.59 Å². The molecule has 1 aromatic heterocycles. The second kappa shape index (κ2) is 3.86. The fourth-order valence-corrected chi connectivity index (χ4v) is 2.57. The number of rotatable bonds is 4. The number of ether oxygens (including phenoxy) is 1. The molecule has 0 saturated heterocycles. The highest BCUT2D eigenvalue weighted by molar-refractivity contribution is 7.16. The molecule has 1 aromatic rings. The number of carbonyl (C=O) groups excluding carboxylic acids is 2. The Kier molecular flexibility index (Phi) is 2.67. The quantitative estimate of drug-likeness (QED) is 0.630. The minimum Gasteiger partial charge on any atom is -0.461 e. The molecule has 0 spiro atoms. The Labute approximate surface area is 96.6 Å². The summed E-state index contributed by atoms with van der Waals surface area (Å²) in [4.78, 5) is 27.2. The van der Waals surface area contributed by atoms with Crippen molar-refractivity contribution in [2.45, 2.75) is 25.2 Å². The van der Waals surface area contributed by atoms with Crippen molar-refractivity contribution in [2.75, 3.05) is 12.3 Å². The molecular formula is C10H12N2O3S. The fraction of sp³-hybridized carbons (Fsp3) is 0.500. The van der Waals surface area contributed by atoms with Crippen LogP contribution in [0, 0.1) is 0 Å². The van der Waals surface area contributed by atoms with E-state index in [1.54, 1.807) is 6.92 Å². The van der Waals surface area contributed by atoms with E-state index in [-0.39, 0.29) is 12.3 Å². The van der Waals surface area contributed by atoms with Crippen LogP contribution in [0.1, 0.15) is 35.1 Å². The minimum atomic E-state index is -0.530. The van der Waals surface area contributed by atoms with Crippen molar-refractivity contribution in [3.8, 4) is 0 Å². The molecule has 1 aliphatic rings. The predicted molar refractivity (Wildman–Crippen MR) is 59.5 cm³/mol. The first-order chi connectivity index (χ1) is 7.63. The first-order valence-electron chi connectivity index (χ1n) is 5.03. The summed E-state index contributed by atoms with van der Waals surface area (Å²) in [5, 5.41) is 0.297. The predicted octanol–water partition coefficient (Wildman–Crippen LogP) is 1.13. The smallest absolute Gasteiger partial charge is 0.358 e. The van der Waals surface area contributed by atoms with E-state index in [4.69, 9.17) is 10.5 Å². The van der Waals surface area contributed by atoms with Crippen LogP contribution in [0.15, 0.2) is 0 Å². The third-order valence-electron chi connectivity index (χ3n) is 2.58. The highest BCUT2D eigenvalue weighted by Gasteiger charge is 2.48. The van der Waals surface area contributed by atoms with Gasteiger partial charge in [-0.05, 0) is 19.8 Å². The maximum Gasteiger partial charge on any atom is 0.358 e. The molecule has 6 heteroatoms. The molecule has 0 aromatic carbocycles. The number of esters is 1. The molecule has 0 unspecified atom stereocenters. The average molecular weight is 240 g/mol. The van der Waals surface area contributed by atoms with Crippen molar-refractivity contribution < 1.29 is 14.3 Å². The first-order valence-corrected chi connectivity index (χ1v) is 5.85. The first kappa shape index (κ1) is 11.1. The summed E-state index contributed by atoms with van der Waals surface area (Å²) >= 11 is 1.20. The van der Waals surface area contributed by atoms with Crippen molar-refractivity contribution >= 4 is 28.7 Å². The number of nitrogen functional groups attached to an aromatic ring is 1. The Hall–Kier alpha value is -1.43. The van der Waals surface area contributed by atoms with Crippen LogP contribution in [-0.4, -0.2) is 23.8 Å². The Morgan fingerprint density at radius 1 is 1.69 bits per heavy atom. The standard InChI is InChI=1S/C10H12N2O3S/c1-2-15-8(14)6-7(16-9(11)12-6)10(5-13)3-4-10/h5H,2-4H2,1H3,(H2,11,12). The maximum absolute atomic E-state index is 11.6. The third kappa shape index (κ3) is 1.69. The van der Waals surface area contributed by atoms with Crippen LogP contribution in [0.4, 0.5) is 5.13 Å². The number of hydrogen-bond donors (Lipinski definition) is 1. The Morgan fingerprint density at radius 2 is 2.38 bits per heavy atom. The number of aldehydes is 1. The van der Waals surface area contributed by atoms with Crippen LogP contribution in [0.5, 0.6) is 0 Å². The summed E-state index contributed by atoms with van der Waals surface area (Å²) in [7, 11) is 0. The van der Waals surface area contributed by atoms with E-state index in [0.717, 1.165) is 19.1 Å².